The molecule has 1 heterocycles. The molecule has 4 rings (SSSR count). The highest BCUT2D eigenvalue weighted by molar-refractivity contribution is 6.51. The Kier molecular flexibility index (Phi) is 4.83. The van der Waals surface area contributed by atoms with Crippen molar-refractivity contribution in [2.24, 2.45) is 0 Å². The summed E-state index contributed by atoms with van der Waals surface area (Å²) in [5.74, 6) is -2.45. The number of amides is 1. The first-order valence-corrected chi connectivity index (χ1v) is 9.30. The number of hydrogen-bond acceptors (Lipinski definition) is 4. The van der Waals surface area contributed by atoms with E-state index in [1.54, 1.807) is 24.3 Å². The number of carbonyl (C=O) groups excluding carboxylic acids is 2. The van der Waals surface area contributed by atoms with E-state index in [2.05, 4.69) is 0 Å². The standard InChI is InChI=1S/C24H18FNO4/c1-14-4-2-3-5-19(14)26-21(15-8-12-18(27)13-9-15)20(23(29)24(26)30)22(28)16-6-10-17(25)11-7-16/h2-13,21,27-28H,1H3/b22-20+. The Hall–Kier alpha value is -3.93. The first kappa shape index (κ1) is 19.4. The number of aryl methyl sites for hydroxylation is 1. The van der Waals surface area contributed by atoms with Crippen LogP contribution in [0.5, 0.6) is 5.75 Å². The summed E-state index contributed by atoms with van der Waals surface area (Å²) < 4.78 is 13.3. The van der Waals surface area contributed by atoms with Gasteiger partial charge in [-0.15, -0.1) is 0 Å². The minimum absolute atomic E-state index is 0.0325. The van der Waals surface area contributed by atoms with E-state index >= 15 is 0 Å². The van der Waals surface area contributed by atoms with Crippen LogP contribution in [0.4, 0.5) is 10.1 Å². The van der Waals surface area contributed by atoms with Crippen molar-refractivity contribution < 1.29 is 24.2 Å². The summed E-state index contributed by atoms with van der Waals surface area (Å²) in [6.07, 6.45) is 0. The summed E-state index contributed by atoms with van der Waals surface area (Å²) in [5.41, 5.74) is 1.99. The molecule has 0 saturated carbocycles. The summed E-state index contributed by atoms with van der Waals surface area (Å²) >= 11 is 0. The molecule has 2 N–H and O–H groups in total. The van der Waals surface area contributed by atoms with E-state index < -0.39 is 23.5 Å². The molecular formula is C24H18FNO4. The Labute approximate surface area is 172 Å². The summed E-state index contributed by atoms with van der Waals surface area (Å²) in [4.78, 5) is 27.4. The van der Waals surface area contributed by atoms with Crippen molar-refractivity contribution in [2.45, 2.75) is 13.0 Å². The van der Waals surface area contributed by atoms with Gasteiger partial charge in [-0.1, -0.05) is 30.3 Å². The highest BCUT2D eigenvalue weighted by atomic mass is 19.1. The molecule has 1 saturated heterocycles. The molecule has 30 heavy (non-hydrogen) atoms. The highest BCUT2D eigenvalue weighted by Crippen LogP contribution is 2.43. The third kappa shape index (κ3) is 3.22. The van der Waals surface area contributed by atoms with Crippen LogP contribution in [0.25, 0.3) is 5.76 Å². The van der Waals surface area contributed by atoms with E-state index in [0.717, 1.165) is 5.56 Å². The lowest BCUT2D eigenvalue weighted by atomic mass is 9.95. The zero-order valence-corrected chi connectivity index (χ0v) is 16.0. The van der Waals surface area contributed by atoms with E-state index in [4.69, 9.17) is 0 Å². The van der Waals surface area contributed by atoms with Gasteiger partial charge in [0.25, 0.3) is 11.7 Å². The van der Waals surface area contributed by atoms with Gasteiger partial charge in [-0.3, -0.25) is 14.5 Å². The predicted molar refractivity (Wildman–Crippen MR) is 110 cm³/mol. The minimum atomic E-state index is -0.906. The first-order chi connectivity index (χ1) is 14.4. The molecule has 0 bridgehead atoms. The van der Waals surface area contributed by atoms with Crippen molar-refractivity contribution in [2.75, 3.05) is 4.90 Å². The molecule has 0 aromatic heterocycles. The smallest absolute Gasteiger partial charge is 0.300 e. The number of para-hydroxylation sites is 1. The van der Waals surface area contributed by atoms with Gasteiger partial charge in [-0.05, 0) is 60.5 Å². The van der Waals surface area contributed by atoms with E-state index in [-0.39, 0.29) is 22.6 Å². The zero-order chi connectivity index (χ0) is 21.4. The number of anilines is 1. The second-order valence-corrected chi connectivity index (χ2v) is 7.05. The van der Waals surface area contributed by atoms with Crippen molar-refractivity contribution in [3.05, 3.63) is 101 Å². The maximum atomic E-state index is 13.3. The fourth-order valence-corrected chi connectivity index (χ4v) is 3.65. The minimum Gasteiger partial charge on any atom is -0.508 e. The van der Waals surface area contributed by atoms with Gasteiger partial charge in [0.1, 0.15) is 17.3 Å². The lowest BCUT2D eigenvalue weighted by Crippen LogP contribution is -2.30. The fraction of sp³-hybridized carbons (Fsp3) is 0.0833. The Balaban J connectivity index is 1.96. The second kappa shape index (κ2) is 7.48. The van der Waals surface area contributed by atoms with Gasteiger partial charge in [0.15, 0.2) is 0 Å². The SMILES string of the molecule is Cc1ccccc1N1C(=O)C(=O)/C(=C(/O)c2ccc(F)cc2)C1c1ccc(O)cc1. The van der Waals surface area contributed by atoms with Crippen molar-refractivity contribution in [3.63, 3.8) is 0 Å². The highest BCUT2D eigenvalue weighted by Gasteiger charge is 2.47. The third-order valence-electron chi connectivity index (χ3n) is 5.15. The van der Waals surface area contributed by atoms with Crippen LogP contribution >= 0.6 is 0 Å². The van der Waals surface area contributed by atoms with Gasteiger partial charge < -0.3 is 10.2 Å². The molecule has 1 fully saturated rings. The van der Waals surface area contributed by atoms with Crippen molar-refractivity contribution in [1.82, 2.24) is 0 Å². The van der Waals surface area contributed by atoms with Gasteiger partial charge in [0.2, 0.25) is 0 Å². The number of aliphatic hydroxyl groups is 1. The van der Waals surface area contributed by atoms with Crippen molar-refractivity contribution in [1.29, 1.82) is 0 Å². The largest absolute Gasteiger partial charge is 0.508 e. The van der Waals surface area contributed by atoms with E-state index in [1.807, 2.05) is 19.1 Å². The topological polar surface area (TPSA) is 77.8 Å². The van der Waals surface area contributed by atoms with Gasteiger partial charge >= 0.3 is 0 Å². The molecule has 0 aliphatic carbocycles. The number of nitrogens with zero attached hydrogens (tertiary/aromatic N) is 1. The molecule has 1 atom stereocenters. The summed E-state index contributed by atoms with van der Waals surface area (Å²) in [6, 6.07) is 17.3. The maximum absolute atomic E-state index is 13.3. The van der Waals surface area contributed by atoms with Crippen LogP contribution in [0.3, 0.4) is 0 Å². The number of phenolic OH excluding ortho intramolecular Hbond substituents is 1. The van der Waals surface area contributed by atoms with Crippen LogP contribution in [0.15, 0.2) is 78.4 Å². The maximum Gasteiger partial charge on any atom is 0.300 e. The van der Waals surface area contributed by atoms with E-state index in [1.165, 1.54) is 41.3 Å². The van der Waals surface area contributed by atoms with Crippen LogP contribution in [0.2, 0.25) is 0 Å². The third-order valence-corrected chi connectivity index (χ3v) is 5.15. The molecule has 0 spiro atoms. The van der Waals surface area contributed by atoms with Crippen molar-refractivity contribution in [3.8, 4) is 5.75 Å². The molecule has 3 aromatic rings. The number of halogens is 1. The Morgan fingerprint density at radius 2 is 1.57 bits per heavy atom. The molecule has 1 unspecified atom stereocenters. The van der Waals surface area contributed by atoms with Crippen molar-refractivity contribution >= 4 is 23.1 Å². The lowest BCUT2D eigenvalue weighted by molar-refractivity contribution is -0.132. The molecule has 3 aromatic carbocycles. The number of carbonyl (C=O) groups is 2. The van der Waals surface area contributed by atoms with Crippen LogP contribution in [0, 0.1) is 12.7 Å². The van der Waals surface area contributed by atoms with Gasteiger partial charge in [0, 0.05) is 11.3 Å². The van der Waals surface area contributed by atoms with Gasteiger partial charge in [-0.2, -0.15) is 0 Å². The second-order valence-electron chi connectivity index (χ2n) is 7.05. The molecule has 1 amide bonds. The molecule has 5 nitrogen and oxygen atoms in total. The predicted octanol–water partition coefficient (Wildman–Crippen LogP) is 4.47. The number of phenols is 1. The summed E-state index contributed by atoms with van der Waals surface area (Å²) in [6.45, 7) is 1.82. The average molecular weight is 403 g/mol. The Morgan fingerprint density at radius 1 is 0.933 bits per heavy atom. The number of benzene rings is 3. The summed E-state index contributed by atoms with van der Waals surface area (Å²) in [5, 5.41) is 20.6. The quantitative estimate of drug-likeness (QED) is 0.384. The average Bonchev–Trinajstić information content (AvgIpc) is 3.00. The van der Waals surface area contributed by atoms with Crippen LogP contribution in [-0.4, -0.2) is 21.9 Å². The van der Waals surface area contributed by atoms with Crippen LogP contribution in [0.1, 0.15) is 22.7 Å². The molecular weight excluding hydrogens is 385 g/mol. The molecule has 1 aliphatic rings. The molecule has 150 valence electrons. The monoisotopic (exact) mass is 403 g/mol. The molecule has 6 heteroatoms. The van der Waals surface area contributed by atoms with Gasteiger partial charge in [-0.25, -0.2) is 4.39 Å². The Morgan fingerprint density at radius 3 is 2.20 bits per heavy atom. The number of aliphatic hydroxyl groups excluding tert-OH is 1. The normalized spacial score (nSPS) is 18.1. The molecule has 1 aliphatic heterocycles. The number of aromatic hydroxyl groups is 1. The van der Waals surface area contributed by atoms with E-state index in [0.29, 0.717) is 11.3 Å². The lowest BCUT2D eigenvalue weighted by Gasteiger charge is -2.26. The number of rotatable bonds is 3. The number of hydrogen-bond donors (Lipinski definition) is 2. The summed E-state index contributed by atoms with van der Waals surface area (Å²) in [7, 11) is 0. The molecule has 0 radical (unpaired) electrons. The Bertz CT molecular complexity index is 1170. The van der Waals surface area contributed by atoms with E-state index in [9.17, 15) is 24.2 Å². The zero-order valence-electron chi connectivity index (χ0n) is 16.0. The van der Waals surface area contributed by atoms with Gasteiger partial charge in [0.05, 0.1) is 11.6 Å². The number of ketones is 1. The fourth-order valence-electron chi connectivity index (χ4n) is 3.65. The van der Waals surface area contributed by atoms with Crippen LogP contribution < -0.4 is 4.90 Å². The first-order valence-electron chi connectivity index (χ1n) is 9.30. The van der Waals surface area contributed by atoms with Crippen LogP contribution in [-0.2, 0) is 9.59 Å². The number of Topliss-reactive ketones (excluding diaryl/α,β-unsaturated/α-hetero) is 1.